The van der Waals surface area contributed by atoms with Crippen molar-refractivity contribution in [2.24, 2.45) is 0 Å². The Morgan fingerprint density at radius 1 is 1.53 bits per heavy atom. The summed E-state index contributed by atoms with van der Waals surface area (Å²) in [5.74, 6) is 0. The normalized spacial score (nSPS) is 21.3. The Hall–Kier alpha value is -1.45. The standard InChI is InChI=1S/C11H13N3O2S/c1-9-4-5-11(8-13-9)17(15,16)14-6-2-3-10(14)7-12/h4-5,8,10H,2-3,6H2,1H3. The summed E-state index contributed by atoms with van der Waals surface area (Å²) in [6.07, 6.45) is 2.68. The summed E-state index contributed by atoms with van der Waals surface area (Å²) < 4.78 is 25.8. The lowest BCUT2D eigenvalue weighted by molar-refractivity contribution is 0.437. The van der Waals surface area contributed by atoms with E-state index in [-0.39, 0.29) is 4.90 Å². The summed E-state index contributed by atoms with van der Waals surface area (Å²) in [7, 11) is -3.57. The highest BCUT2D eigenvalue weighted by Gasteiger charge is 2.35. The van der Waals surface area contributed by atoms with Crippen LogP contribution in [0.5, 0.6) is 0 Å². The lowest BCUT2D eigenvalue weighted by Gasteiger charge is -2.18. The summed E-state index contributed by atoms with van der Waals surface area (Å²) in [5.41, 5.74) is 0.766. The topological polar surface area (TPSA) is 74.1 Å². The van der Waals surface area contributed by atoms with Crippen LogP contribution in [0, 0.1) is 18.3 Å². The van der Waals surface area contributed by atoms with Crippen molar-refractivity contribution in [2.75, 3.05) is 6.54 Å². The summed E-state index contributed by atoms with van der Waals surface area (Å²) in [4.78, 5) is 4.14. The number of aryl methyl sites for hydroxylation is 1. The van der Waals surface area contributed by atoms with Gasteiger partial charge in [0, 0.05) is 18.4 Å². The van der Waals surface area contributed by atoms with Gasteiger partial charge in [-0.1, -0.05) is 0 Å². The van der Waals surface area contributed by atoms with Crippen LogP contribution in [-0.4, -0.2) is 30.3 Å². The number of nitrogens with zero attached hydrogens (tertiary/aromatic N) is 3. The van der Waals surface area contributed by atoms with E-state index in [9.17, 15) is 8.42 Å². The molecule has 2 heterocycles. The van der Waals surface area contributed by atoms with Gasteiger partial charge in [-0.05, 0) is 31.9 Å². The molecular formula is C11H13N3O2S. The number of rotatable bonds is 2. The second-order valence-corrected chi connectivity index (χ2v) is 5.93. The van der Waals surface area contributed by atoms with Gasteiger partial charge in [-0.15, -0.1) is 0 Å². The molecule has 0 N–H and O–H groups in total. The third kappa shape index (κ3) is 2.16. The Bertz CT molecular complexity index is 545. The molecular weight excluding hydrogens is 238 g/mol. The molecule has 5 nitrogen and oxygen atoms in total. The molecule has 1 unspecified atom stereocenters. The molecule has 0 aromatic carbocycles. The van der Waals surface area contributed by atoms with Gasteiger partial charge in [0.25, 0.3) is 0 Å². The molecule has 2 rings (SSSR count). The van der Waals surface area contributed by atoms with Gasteiger partial charge in [-0.25, -0.2) is 8.42 Å². The molecule has 1 aromatic heterocycles. The Balaban J connectivity index is 2.37. The Kier molecular flexibility index (Phi) is 3.13. The SMILES string of the molecule is Cc1ccc(S(=O)(=O)N2CCCC2C#N)cn1. The molecule has 0 radical (unpaired) electrons. The van der Waals surface area contributed by atoms with Gasteiger partial charge < -0.3 is 0 Å². The van der Waals surface area contributed by atoms with Crippen molar-refractivity contribution in [1.82, 2.24) is 9.29 Å². The lowest BCUT2D eigenvalue weighted by Crippen LogP contribution is -2.34. The van der Waals surface area contributed by atoms with Gasteiger partial charge in [0.1, 0.15) is 10.9 Å². The predicted molar refractivity (Wildman–Crippen MR) is 61.5 cm³/mol. The molecule has 0 spiro atoms. The molecule has 17 heavy (non-hydrogen) atoms. The molecule has 1 aliphatic heterocycles. The zero-order valence-corrected chi connectivity index (χ0v) is 10.3. The van der Waals surface area contributed by atoms with Crippen LogP contribution in [0.2, 0.25) is 0 Å². The van der Waals surface area contributed by atoms with Crippen LogP contribution < -0.4 is 0 Å². The number of aromatic nitrogens is 1. The minimum Gasteiger partial charge on any atom is -0.260 e. The van der Waals surface area contributed by atoms with E-state index in [2.05, 4.69) is 4.98 Å². The van der Waals surface area contributed by atoms with Crippen LogP contribution in [0.1, 0.15) is 18.5 Å². The van der Waals surface area contributed by atoms with Crippen molar-refractivity contribution >= 4 is 10.0 Å². The third-order valence-corrected chi connectivity index (χ3v) is 4.74. The van der Waals surface area contributed by atoms with E-state index in [1.165, 1.54) is 16.6 Å². The number of sulfonamides is 1. The number of hydrogen-bond acceptors (Lipinski definition) is 4. The van der Waals surface area contributed by atoms with Crippen molar-refractivity contribution in [2.45, 2.75) is 30.7 Å². The fourth-order valence-corrected chi connectivity index (χ4v) is 3.45. The van der Waals surface area contributed by atoms with Crippen LogP contribution in [0.25, 0.3) is 0 Å². The zero-order chi connectivity index (χ0) is 12.5. The van der Waals surface area contributed by atoms with E-state index < -0.39 is 16.1 Å². The highest BCUT2D eigenvalue weighted by atomic mass is 32.2. The average molecular weight is 251 g/mol. The fourth-order valence-electron chi connectivity index (χ4n) is 1.90. The summed E-state index contributed by atoms with van der Waals surface area (Å²) in [6.45, 7) is 2.21. The third-order valence-electron chi connectivity index (χ3n) is 2.84. The molecule has 6 heteroatoms. The first-order valence-corrected chi connectivity index (χ1v) is 6.84. The van der Waals surface area contributed by atoms with Crippen molar-refractivity contribution in [3.05, 3.63) is 24.0 Å². The summed E-state index contributed by atoms with van der Waals surface area (Å²) in [5, 5.41) is 8.92. The molecule has 0 saturated carbocycles. The first kappa shape index (κ1) is 12.0. The largest absolute Gasteiger partial charge is 0.260 e. The molecule has 1 aromatic rings. The minimum atomic E-state index is -3.57. The van der Waals surface area contributed by atoms with E-state index in [0.717, 1.165) is 12.1 Å². The summed E-state index contributed by atoms with van der Waals surface area (Å²) >= 11 is 0. The molecule has 0 amide bonds. The van der Waals surface area contributed by atoms with E-state index >= 15 is 0 Å². The molecule has 0 aliphatic carbocycles. The van der Waals surface area contributed by atoms with Crippen LogP contribution in [0.4, 0.5) is 0 Å². The van der Waals surface area contributed by atoms with Crippen molar-refractivity contribution in [1.29, 1.82) is 5.26 Å². The molecule has 0 bridgehead atoms. The van der Waals surface area contributed by atoms with Crippen molar-refractivity contribution in [3.63, 3.8) is 0 Å². The Morgan fingerprint density at radius 3 is 2.88 bits per heavy atom. The number of nitriles is 1. The first-order chi connectivity index (χ1) is 8.05. The van der Waals surface area contributed by atoms with Gasteiger partial charge in [-0.3, -0.25) is 4.98 Å². The van der Waals surface area contributed by atoms with E-state index in [1.54, 1.807) is 13.0 Å². The highest BCUT2D eigenvalue weighted by molar-refractivity contribution is 7.89. The maximum atomic E-state index is 12.2. The number of pyridine rings is 1. The maximum absolute atomic E-state index is 12.2. The Morgan fingerprint density at radius 2 is 2.29 bits per heavy atom. The van der Waals surface area contributed by atoms with E-state index in [1.807, 2.05) is 6.07 Å². The monoisotopic (exact) mass is 251 g/mol. The van der Waals surface area contributed by atoms with Crippen LogP contribution in [-0.2, 0) is 10.0 Å². The predicted octanol–water partition coefficient (Wildman–Crippen LogP) is 1.07. The average Bonchev–Trinajstić information content (AvgIpc) is 2.78. The smallest absolute Gasteiger partial charge is 0.245 e. The van der Waals surface area contributed by atoms with Gasteiger partial charge in [-0.2, -0.15) is 9.57 Å². The van der Waals surface area contributed by atoms with E-state index in [0.29, 0.717) is 13.0 Å². The summed E-state index contributed by atoms with van der Waals surface area (Å²) in [6, 6.07) is 4.68. The molecule has 90 valence electrons. The van der Waals surface area contributed by atoms with Gasteiger partial charge in [0.2, 0.25) is 10.0 Å². The second-order valence-electron chi connectivity index (χ2n) is 4.04. The highest BCUT2D eigenvalue weighted by Crippen LogP contribution is 2.25. The first-order valence-electron chi connectivity index (χ1n) is 5.40. The second kappa shape index (κ2) is 4.43. The van der Waals surface area contributed by atoms with E-state index in [4.69, 9.17) is 5.26 Å². The quantitative estimate of drug-likeness (QED) is 0.788. The number of hydrogen-bond donors (Lipinski definition) is 0. The zero-order valence-electron chi connectivity index (χ0n) is 9.50. The van der Waals surface area contributed by atoms with Gasteiger partial charge >= 0.3 is 0 Å². The molecule has 1 fully saturated rings. The lowest BCUT2D eigenvalue weighted by atomic mass is 10.2. The minimum absolute atomic E-state index is 0.158. The van der Waals surface area contributed by atoms with Crippen LogP contribution >= 0.6 is 0 Å². The Labute approximate surface area is 101 Å². The van der Waals surface area contributed by atoms with Crippen molar-refractivity contribution < 1.29 is 8.42 Å². The van der Waals surface area contributed by atoms with Crippen molar-refractivity contribution in [3.8, 4) is 6.07 Å². The molecule has 1 saturated heterocycles. The van der Waals surface area contributed by atoms with Crippen LogP contribution in [0.15, 0.2) is 23.2 Å². The maximum Gasteiger partial charge on any atom is 0.245 e. The van der Waals surface area contributed by atoms with Gasteiger partial charge in [0.05, 0.1) is 6.07 Å². The van der Waals surface area contributed by atoms with Gasteiger partial charge in [0.15, 0.2) is 0 Å². The molecule has 1 atom stereocenters. The van der Waals surface area contributed by atoms with Crippen LogP contribution in [0.3, 0.4) is 0 Å². The fraction of sp³-hybridized carbons (Fsp3) is 0.455. The molecule has 1 aliphatic rings.